The van der Waals surface area contributed by atoms with Crippen LogP contribution in [-0.4, -0.2) is 56.0 Å². The van der Waals surface area contributed by atoms with Crippen molar-refractivity contribution in [2.45, 2.75) is 51.7 Å². The fourth-order valence-corrected chi connectivity index (χ4v) is 3.11. The maximum absolute atomic E-state index is 12.4. The molecule has 146 valence electrons. The van der Waals surface area contributed by atoms with Gasteiger partial charge in [-0.05, 0) is 33.6 Å². The number of hydrogen-bond acceptors (Lipinski definition) is 6. The molecule has 0 bridgehead atoms. The summed E-state index contributed by atoms with van der Waals surface area (Å²) in [5.41, 5.74) is 6.41. The van der Waals surface area contributed by atoms with Crippen LogP contribution < -0.4 is 11.1 Å². The first kappa shape index (κ1) is 18.9. The SMILES string of the molecule is CC(C)(C)OC(=O)N1CCC[C@H](NC(=O)Cc2cn3ccnc(N)c3n2)C1. The van der Waals surface area contributed by atoms with Crippen LogP contribution in [0.15, 0.2) is 18.6 Å². The normalized spacial score (nSPS) is 17.7. The molecule has 9 heteroatoms. The van der Waals surface area contributed by atoms with Crippen LogP contribution in [0.25, 0.3) is 5.65 Å². The summed E-state index contributed by atoms with van der Waals surface area (Å²) >= 11 is 0. The highest BCUT2D eigenvalue weighted by molar-refractivity contribution is 5.79. The van der Waals surface area contributed by atoms with Crippen LogP contribution in [0.3, 0.4) is 0 Å². The highest BCUT2D eigenvalue weighted by Crippen LogP contribution is 2.16. The third-order valence-corrected chi connectivity index (χ3v) is 4.23. The van der Waals surface area contributed by atoms with Crippen molar-refractivity contribution < 1.29 is 14.3 Å². The zero-order chi connectivity index (χ0) is 19.6. The number of hydrogen-bond donors (Lipinski definition) is 2. The molecule has 3 N–H and O–H groups in total. The van der Waals surface area contributed by atoms with Gasteiger partial charge in [-0.3, -0.25) is 4.79 Å². The molecule has 1 aliphatic rings. The van der Waals surface area contributed by atoms with E-state index >= 15 is 0 Å². The van der Waals surface area contributed by atoms with Crippen molar-refractivity contribution in [1.29, 1.82) is 0 Å². The van der Waals surface area contributed by atoms with Gasteiger partial charge in [0.05, 0.1) is 12.1 Å². The minimum Gasteiger partial charge on any atom is -0.444 e. The van der Waals surface area contributed by atoms with Crippen molar-refractivity contribution in [1.82, 2.24) is 24.6 Å². The number of nitrogens with zero attached hydrogens (tertiary/aromatic N) is 4. The number of nitrogens with two attached hydrogens (primary N) is 1. The summed E-state index contributed by atoms with van der Waals surface area (Å²) in [6.07, 6.45) is 6.53. The van der Waals surface area contributed by atoms with Crippen LogP contribution in [0.4, 0.5) is 10.6 Å². The molecule has 1 saturated heterocycles. The van der Waals surface area contributed by atoms with Gasteiger partial charge in [0.1, 0.15) is 5.60 Å². The maximum Gasteiger partial charge on any atom is 0.410 e. The van der Waals surface area contributed by atoms with E-state index in [-0.39, 0.29) is 24.5 Å². The molecular weight excluding hydrogens is 348 g/mol. The Balaban J connectivity index is 1.56. The number of piperidine rings is 1. The number of amides is 2. The summed E-state index contributed by atoms with van der Waals surface area (Å²) in [4.78, 5) is 34.6. The second-order valence-electron chi connectivity index (χ2n) is 7.79. The van der Waals surface area contributed by atoms with Crippen LogP contribution in [-0.2, 0) is 16.0 Å². The Labute approximate surface area is 157 Å². The second-order valence-corrected chi connectivity index (χ2v) is 7.79. The number of imidazole rings is 1. The highest BCUT2D eigenvalue weighted by Gasteiger charge is 2.28. The molecule has 0 aromatic carbocycles. The predicted octanol–water partition coefficient (Wildman–Crippen LogP) is 1.37. The average molecular weight is 374 g/mol. The van der Waals surface area contributed by atoms with E-state index in [0.717, 1.165) is 12.8 Å². The van der Waals surface area contributed by atoms with Crippen molar-refractivity contribution >= 4 is 23.5 Å². The molecule has 0 aliphatic carbocycles. The minimum atomic E-state index is -0.535. The van der Waals surface area contributed by atoms with Gasteiger partial charge < -0.3 is 25.1 Å². The number of fused-ring (bicyclic) bond motifs is 1. The topological polar surface area (TPSA) is 115 Å². The standard InChI is InChI=1S/C18H26N6O3/c1-18(2,3)27-17(26)24-7-4-5-12(10-24)21-14(25)9-13-11-23-8-6-20-15(19)16(23)22-13/h6,8,11-12H,4-5,7,9-10H2,1-3H3,(H2,19,20)(H,21,25)/t12-/m0/s1. The minimum absolute atomic E-state index is 0.0949. The van der Waals surface area contributed by atoms with Gasteiger partial charge in [0.2, 0.25) is 5.91 Å². The molecule has 27 heavy (non-hydrogen) atoms. The molecule has 1 fully saturated rings. The molecule has 1 aliphatic heterocycles. The Morgan fingerprint density at radius 2 is 2.19 bits per heavy atom. The Morgan fingerprint density at radius 1 is 1.41 bits per heavy atom. The summed E-state index contributed by atoms with van der Waals surface area (Å²) < 4.78 is 7.16. The Hall–Kier alpha value is -2.84. The van der Waals surface area contributed by atoms with Crippen molar-refractivity contribution in [3.63, 3.8) is 0 Å². The summed E-state index contributed by atoms with van der Waals surface area (Å²) in [6.45, 7) is 6.60. The number of nitrogens with one attached hydrogen (secondary N) is 1. The predicted molar refractivity (Wildman–Crippen MR) is 100 cm³/mol. The largest absolute Gasteiger partial charge is 0.444 e. The lowest BCUT2D eigenvalue weighted by molar-refractivity contribution is -0.121. The van der Waals surface area contributed by atoms with Crippen LogP contribution in [0, 0.1) is 0 Å². The number of carbonyl (C=O) groups excluding carboxylic acids is 2. The molecule has 0 saturated carbocycles. The van der Waals surface area contributed by atoms with Crippen molar-refractivity contribution in [3.05, 3.63) is 24.3 Å². The van der Waals surface area contributed by atoms with E-state index in [9.17, 15) is 9.59 Å². The molecule has 2 aromatic rings. The molecule has 2 aromatic heterocycles. The molecule has 9 nitrogen and oxygen atoms in total. The second kappa shape index (κ2) is 7.42. The third-order valence-electron chi connectivity index (χ3n) is 4.23. The van der Waals surface area contributed by atoms with Crippen molar-refractivity contribution in [2.75, 3.05) is 18.8 Å². The van der Waals surface area contributed by atoms with Gasteiger partial charge in [-0.2, -0.15) is 0 Å². The van der Waals surface area contributed by atoms with Gasteiger partial charge in [-0.15, -0.1) is 0 Å². The number of likely N-dealkylation sites (tertiary alicyclic amines) is 1. The summed E-state index contributed by atoms with van der Waals surface area (Å²) in [5, 5.41) is 2.99. The first-order valence-corrected chi connectivity index (χ1v) is 9.06. The van der Waals surface area contributed by atoms with E-state index in [1.165, 1.54) is 0 Å². The smallest absolute Gasteiger partial charge is 0.410 e. The van der Waals surface area contributed by atoms with Crippen LogP contribution in [0.2, 0.25) is 0 Å². The van der Waals surface area contributed by atoms with E-state index in [1.54, 1.807) is 27.9 Å². The molecule has 0 spiro atoms. The monoisotopic (exact) mass is 374 g/mol. The van der Waals surface area contributed by atoms with Crippen LogP contribution >= 0.6 is 0 Å². The zero-order valence-corrected chi connectivity index (χ0v) is 15.9. The molecule has 0 unspecified atom stereocenters. The van der Waals surface area contributed by atoms with Gasteiger partial charge in [-0.1, -0.05) is 0 Å². The molecular formula is C18H26N6O3. The average Bonchev–Trinajstić information content (AvgIpc) is 2.97. The van der Waals surface area contributed by atoms with Gasteiger partial charge >= 0.3 is 6.09 Å². The number of ether oxygens (including phenoxy) is 1. The quantitative estimate of drug-likeness (QED) is 0.838. The Morgan fingerprint density at radius 3 is 2.89 bits per heavy atom. The van der Waals surface area contributed by atoms with Gasteiger partial charge in [0.25, 0.3) is 0 Å². The van der Waals surface area contributed by atoms with Crippen LogP contribution in [0.1, 0.15) is 39.3 Å². The molecule has 1 atom stereocenters. The zero-order valence-electron chi connectivity index (χ0n) is 15.9. The molecule has 2 amide bonds. The molecule has 3 rings (SSSR count). The van der Waals surface area contributed by atoms with Crippen molar-refractivity contribution in [2.24, 2.45) is 0 Å². The summed E-state index contributed by atoms with van der Waals surface area (Å²) in [7, 11) is 0. The molecule has 0 radical (unpaired) electrons. The lowest BCUT2D eigenvalue weighted by Crippen LogP contribution is -2.51. The number of anilines is 1. The summed E-state index contributed by atoms with van der Waals surface area (Å²) in [5.74, 6) is 0.186. The van der Waals surface area contributed by atoms with E-state index in [4.69, 9.17) is 10.5 Å². The van der Waals surface area contributed by atoms with Gasteiger partial charge in [0, 0.05) is 37.7 Å². The van der Waals surface area contributed by atoms with E-state index < -0.39 is 5.60 Å². The number of carbonyl (C=O) groups is 2. The Kier molecular flexibility index (Phi) is 5.20. The van der Waals surface area contributed by atoms with Gasteiger partial charge in [0.15, 0.2) is 11.5 Å². The summed E-state index contributed by atoms with van der Waals surface area (Å²) in [6, 6.07) is -0.0949. The lowest BCUT2D eigenvalue weighted by Gasteiger charge is -2.34. The van der Waals surface area contributed by atoms with E-state index in [0.29, 0.717) is 30.2 Å². The van der Waals surface area contributed by atoms with E-state index in [2.05, 4.69) is 15.3 Å². The maximum atomic E-state index is 12.4. The van der Waals surface area contributed by atoms with Gasteiger partial charge in [-0.25, -0.2) is 14.8 Å². The fraction of sp³-hybridized carbons (Fsp3) is 0.556. The van der Waals surface area contributed by atoms with E-state index in [1.807, 2.05) is 20.8 Å². The number of nitrogen functional groups attached to an aromatic ring is 1. The number of rotatable bonds is 3. The first-order chi connectivity index (χ1) is 12.7. The van der Waals surface area contributed by atoms with Crippen LogP contribution in [0.5, 0.6) is 0 Å². The third kappa shape index (κ3) is 4.87. The fourth-order valence-electron chi connectivity index (χ4n) is 3.11. The Bertz CT molecular complexity index is 841. The highest BCUT2D eigenvalue weighted by atomic mass is 16.6. The van der Waals surface area contributed by atoms with Crippen molar-refractivity contribution in [3.8, 4) is 0 Å². The number of aromatic nitrogens is 3. The molecule has 3 heterocycles. The first-order valence-electron chi connectivity index (χ1n) is 9.06. The lowest BCUT2D eigenvalue weighted by atomic mass is 10.1.